The van der Waals surface area contributed by atoms with Gasteiger partial charge in [-0.25, -0.2) is 9.97 Å². The highest BCUT2D eigenvalue weighted by Gasteiger charge is 2.10. The topological polar surface area (TPSA) is 64.5 Å². The van der Waals surface area contributed by atoms with Gasteiger partial charge in [0.15, 0.2) is 17.3 Å². The molecule has 0 radical (unpaired) electrons. The molecule has 1 aromatic heterocycles. The Hall–Kier alpha value is -2.82. The van der Waals surface area contributed by atoms with E-state index in [0.29, 0.717) is 22.5 Å². The Kier molecular flexibility index (Phi) is 3.31. The molecular formula is C16H14N2O3. The third-order valence-electron chi connectivity index (χ3n) is 3.27. The van der Waals surface area contributed by atoms with Gasteiger partial charge in [0.25, 0.3) is 0 Å². The van der Waals surface area contributed by atoms with E-state index in [-0.39, 0.29) is 5.75 Å². The molecule has 0 fully saturated rings. The van der Waals surface area contributed by atoms with Crippen molar-refractivity contribution in [2.75, 3.05) is 14.2 Å². The molecule has 0 unspecified atom stereocenters. The van der Waals surface area contributed by atoms with Crippen molar-refractivity contribution in [2.45, 2.75) is 0 Å². The molecule has 0 saturated carbocycles. The monoisotopic (exact) mass is 282 g/mol. The molecule has 1 heterocycles. The van der Waals surface area contributed by atoms with Crippen LogP contribution < -0.4 is 9.47 Å². The van der Waals surface area contributed by atoms with Crippen LogP contribution in [-0.4, -0.2) is 29.3 Å². The zero-order chi connectivity index (χ0) is 14.8. The number of phenolic OH excluding ortho intramolecular Hbond substituents is 1. The number of ether oxygens (including phenoxy) is 2. The maximum atomic E-state index is 10.1. The third-order valence-corrected chi connectivity index (χ3v) is 3.27. The molecule has 2 aromatic carbocycles. The number of aromatic nitrogens is 2. The zero-order valence-electron chi connectivity index (χ0n) is 11.7. The number of aromatic hydroxyl groups is 1. The SMILES string of the molecule is COc1ccc(-c2ncc3c(O)c(OC)ccc3n2)cc1. The predicted molar refractivity (Wildman–Crippen MR) is 79.7 cm³/mol. The van der Waals surface area contributed by atoms with Crippen LogP contribution in [0.4, 0.5) is 0 Å². The van der Waals surface area contributed by atoms with Crippen LogP contribution in [0, 0.1) is 0 Å². The van der Waals surface area contributed by atoms with Crippen molar-refractivity contribution in [1.29, 1.82) is 0 Å². The van der Waals surface area contributed by atoms with Crippen LogP contribution in [0.5, 0.6) is 17.2 Å². The van der Waals surface area contributed by atoms with Crippen LogP contribution in [0.15, 0.2) is 42.6 Å². The van der Waals surface area contributed by atoms with Gasteiger partial charge in [0.2, 0.25) is 0 Å². The second kappa shape index (κ2) is 5.28. The fourth-order valence-corrected chi connectivity index (χ4v) is 2.11. The number of benzene rings is 2. The molecular weight excluding hydrogens is 268 g/mol. The summed E-state index contributed by atoms with van der Waals surface area (Å²) in [6, 6.07) is 11.0. The summed E-state index contributed by atoms with van der Waals surface area (Å²) in [5, 5.41) is 10.6. The molecule has 106 valence electrons. The number of phenols is 1. The minimum atomic E-state index is 0.0521. The Labute approximate surface area is 121 Å². The van der Waals surface area contributed by atoms with Crippen LogP contribution in [0.2, 0.25) is 0 Å². The second-order valence-corrected chi connectivity index (χ2v) is 4.47. The molecule has 0 saturated heterocycles. The molecule has 21 heavy (non-hydrogen) atoms. The molecule has 0 bridgehead atoms. The standard InChI is InChI=1S/C16H14N2O3/c1-20-11-5-3-10(4-6-11)16-17-9-12-13(18-16)7-8-14(21-2)15(12)19/h3-9,19H,1-2H3. The van der Waals surface area contributed by atoms with E-state index in [1.807, 2.05) is 24.3 Å². The van der Waals surface area contributed by atoms with Gasteiger partial charge < -0.3 is 14.6 Å². The Balaban J connectivity index is 2.08. The van der Waals surface area contributed by atoms with Gasteiger partial charge in [0.1, 0.15) is 5.75 Å². The lowest BCUT2D eigenvalue weighted by Gasteiger charge is -2.07. The fourth-order valence-electron chi connectivity index (χ4n) is 2.11. The van der Waals surface area contributed by atoms with Crippen molar-refractivity contribution in [1.82, 2.24) is 9.97 Å². The molecule has 0 aliphatic heterocycles. The van der Waals surface area contributed by atoms with Crippen LogP contribution in [0.3, 0.4) is 0 Å². The number of nitrogens with zero attached hydrogens (tertiary/aromatic N) is 2. The summed E-state index contributed by atoms with van der Waals surface area (Å²) in [7, 11) is 3.13. The molecule has 0 atom stereocenters. The largest absolute Gasteiger partial charge is 0.504 e. The molecule has 0 spiro atoms. The molecule has 0 aliphatic carbocycles. The second-order valence-electron chi connectivity index (χ2n) is 4.47. The molecule has 3 aromatic rings. The number of fused-ring (bicyclic) bond motifs is 1. The summed E-state index contributed by atoms with van der Waals surface area (Å²) < 4.78 is 10.2. The molecule has 0 aliphatic rings. The van der Waals surface area contributed by atoms with Gasteiger partial charge in [-0.3, -0.25) is 0 Å². The minimum Gasteiger partial charge on any atom is -0.504 e. The van der Waals surface area contributed by atoms with E-state index < -0.39 is 0 Å². The fraction of sp³-hybridized carbons (Fsp3) is 0.125. The van der Waals surface area contributed by atoms with E-state index in [0.717, 1.165) is 11.3 Å². The van der Waals surface area contributed by atoms with E-state index in [9.17, 15) is 5.11 Å². The Morgan fingerprint density at radius 3 is 2.38 bits per heavy atom. The van der Waals surface area contributed by atoms with Crippen molar-refractivity contribution in [3.05, 3.63) is 42.6 Å². The van der Waals surface area contributed by atoms with E-state index in [2.05, 4.69) is 9.97 Å². The first kappa shape index (κ1) is 13.2. The lowest BCUT2D eigenvalue weighted by atomic mass is 10.1. The van der Waals surface area contributed by atoms with Crippen molar-refractivity contribution >= 4 is 10.9 Å². The molecule has 3 rings (SSSR count). The smallest absolute Gasteiger partial charge is 0.168 e. The minimum absolute atomic E-state index is 0.0521. The normalized spacial score (nSPS) is 10.6. The van der Waals surface area contributed by atoms with Gasteiger partial charge in [0, 0.05) is 11.8 Å². The van der Waals surface area contributed by atoms with Crippen LogP contribution in [-0.2, 0) is 0 Å². The predicted octanol–water partition coefficient (Wildman–Crippen LogP) is 3.02. The number of rotatable bonds is 3. The van der Waals surface area contributed by atoms with Gasteiger partial charge in [-0.05, 0) is 36.4 Å². The first-order valence-electron chi connectivity index (χ1n) is 6.40. The lowest BCUT2D eigenvalue weighted by Crippen LogP contribution is -1.92. The van der Waals surface area contributed by atoms with Gasteiger partial charge in [-0.15, -0.1) is 0 Å². The quantitative estimate of drug-likeness (QED) is 0.800. The maximum Gasteiger partial charge on any atom is 0.168 e. The summed E-state index contributed by atoms with van der Waals surface area (Å²) >= 11 is 0. The summed E-state index contributed by atoms with van der Waals surface area (Å²) in [5.41, 5.74) is 1.54. The maximum absolute atomic E-state index is 10.1. The summed E-state index contributed by atoms with van der Waals surface area (Å²) in [6.45, 7) is 0. The van der Waals surface area contributed by atoms with Crippen molar-refractivity contribution in [3.63, 3.8) is 0 Å². The highest BCUT2D eigenvalue weighted by Crippen LogP contribution is 2.33. The van der Waals surface area contributed by atoms with E-state index >= 15 is 0 Å². The average molecular weight is 282 g/mol. The summed E-state index contributed by atoms with van der Waals surface area (Å²) in [6.07, 6.45) is 1.60. The van der Waals surface area contributed by atoms with E-state index in [1.54, 1.807) is 25.4 Å². The molecule has 5 nitrogen and oxygen atoms in total. The number of methoxy groups -OCH3 is 2. The van der Waals surface area contributed by atoms with Crippen molar-refractivity contribution < 1.29 is 14.6 Å². The van der Waals surface area contributed by atoms with Crippen molar-refractivity contribution in [3.8, 4) is 28.6 Å². The Morgan fingerprint density at radius 1 is 0.952 bits per heavy atom. The molecule has 5 heteroatoms. The summed E-state index contributed by atoms with van der Waals surface area (Å²) in [4.78, 5) is 8.77. The Morgan fingerprint density at radius 2 is 1.71 bits per heavy atom. The van der Waals surface area contributed by atoms with E-state index in [1.165, 1.54) is 7.11 Å². The van der Waals surface area contributed by atoms with Crippen LogP contribution in [0.25, 0.3) is 22.3 Å². The Bertz CT molecular complexity index is 785. The molecule has 1 N–H and O–H groups in total. The lowest BCUT2D eigenvalue weighted by molar-refractivity contribution is 0.376. The van der Waals surface area contributed by atoms with E-state index in [4.69, 9.17) is 9.47 Å². The highest BCUT2D eigenvalue weighted by molar-refractivity contribution is 5.87. The first-order chi connectivity index (χ1) is 10.2. The highest BCUT2D eigenvalue weighted by atomic mass is 16.5. The van der Waals surface area contributed by atoms with Gasteiger partial charge >= 0.3 is 0 Å². The zero-order valence-corrected chi connectivity index (χ0v) is 11.7. The van der Waals surface area contributed by atoms with Gasteiger partial charge in [-0.1, -0.05) is 0 Å². The van der Waals surface area contributed by atoms with Crippen LogP contribution in [0.1, 0.15) is 0 Å². The van der Waals surface area contributed by atoms with Gasteiger partial charge in [0.05, 0.1) is 25.1 Å². The van der Waals surface area contributed by atoms with Crippen LogP contribution >= 0.6 is 0 Å². The van der Waals surface area contributed by atoms with Crippen molar-refractivity contribution in [2.24, 2.45) is 0 Å². The molecule has 0 amide bonds. The first-order valence-corrected chi connectivity index (χ1v) is 6.40. The number of hydrogen-bond donors (Lipinski definition) is 1. The van der Waals surface area contributed by atoms with Gasteiger partial charge in [-0.2, -0.15) is 0 Å². The summed E-state index contributed by atoms with van der Waals surface area (Å²) in [5.74, 6) is 1.83. The third kappa shape index (κ3) is 2.33. The number of hydrogen-bond acceptors (Lipinski definition) is 5. The average Bonchev–Trinajstić information content (AvgIpc) is 2.55.